The van der Waals surface area contributed by atoms with E-state index in [1.54, 1.807) is 20.4 Å². The van der Waals surface area contributed by atoms with Gasteiger partial charge in [0.1, 0.15) is 18.4 Å². The highest BCUT2D eigenvalue weighted by Crippen LogP contribution is 2.54. The molecule has 2 saturated heterocycles. The minimum absolute atomic E-state index is 0.00720. The molecule has 254 valence electrons. The molecule has 2 aliphatic heterocycles. The lowest BCUT2D eigenvalue weighted by Gasteiger charge is -2.50. The van der Waals surface area contributed by atoms with Gasteiger partial charge in [0, 0.05) is 33.1 Å². The number of rotatable bonds is 10. The Morgan fingerprint density at radius 2 is 1.55 bits per heavy atom. The highest BCUT2D eigenvalue weighted by atomic mass is 35.7. The van der Waals surface area contributed by atoms with Gasteiger partial charge < -0.3 is 14.2 Å². The summed E-state index contributed by atoms with van der Waals surface area (Å²) in [7, 11) is 5.32. The molecule has 7 rings (SSSR count). The van der Waals surface area contributed by atoms with Gasteiger partial charge in [-0.1, -0.05) is 91.0 Å². The van der Waals surface area contributed by atoms with Crippen molar-refractivity contribution in [3.8, 4) is 0 Å². The van der Waals surface area contributed by atoms with E-state index in [2.05, 4.69) is 92.6 Å². The van der Waals surface area contributed by atoms with Crippen LogP contribution in [0.5, 0.6) is 0 Å². The van der Waals surface area contributed by atoms with Crippen molar-refractivity contribution in [3.63, 3.8) is 0 Å². The molecule has 2 fully saturated rings. The number of ether oxygens (including phenoxy) is 1. The Balaban J connectivity index is 1.37. The predicted octanol–water partition coefficient (Wildman–Crippen LogP) is 6.70. The molecule has 0 N–H and O–H groups in total. The average molecular weight is 699 g/mol. The fourth-order valence-electron chi connectivity index (χ4n) is 6.90. The van der Waals surface area contributed by atoms with E-state index in [1.165, 1.54) is 11.0 Å². The topological polar surface area (TPSA) is 101 Å². The first-order valence-corrected chi connectivity index (χ1v) is 18.9. The molecule has 0 amide bonds. The molecule has 0 unspecified atom stereocenters. The Morgan fingerprint density at radius 3 is 2.10 bits per heavy atom. The molecule has 2 aromatic heterocycles. The van der Waals surface area contributed by atoms with E-state index in [0.29, 0.717) is 30.1 Å². The summed E-state index contributed by atoms with van der Waals surface area (Å²) in [6.45, 7) is -1.68. The van der Waals surface area contributed by atoms with Crippen LogP contribution in [0, 0.1) is 0 Å². The molecular formula is C36H40ClN8O3P. The number of aliphatic imine (C=N–C) groups is 1. The smallest absolute Gasteiger partial charge is 0.362 e. The van der Waals surface area contributed by atoms with Gasteiger partial charge in [0.25, 0.3) is 0 Å². The second kappa shape index (κ2) is 14.1. The van der Waals surface area contributed by atoms with Crippen LogP contribution in [0.2, 0.25) is 0 Å². The molecule has 0 bridgehead atoms. The Morgan fingerprint density at radius 1 is 0.939 bits per heavy atom. The number of halogens is 1. The molecule has 13 heteroatoms. The monoisotopic (exact) mass is 698 g/mol. The number of morpholine rings is 1. The zero-order valence-corrected chi connectivity index (χ0v) is 29.5. The first kappa shape index (κ1) is 33.5. The molecular weight excluding hydrogens is 659 g/mol. The molecule has 3 atom stereocenters. The number of likely N-dealkylation sites (tertiary alicyclic amines) is 1. The third-order valence-electron chi connectivity index (χ3n) is 9.32. The van der Waals surface area contributed by atoms with Crippen LogP contribution < -0.4 is 0 Å². The molecule has 0 spiro atoms. The summed E-state index contributed by atoms with van der Waals surface area (Å²) >= 11 is 6.36. The van der Waals surface area contributed by atoms with Crippen molar-refractivity contribution in [2.24, 2.45) is 4.99 Å². The molecule has 4 heterocycles. The first-order valence-electron chi connectivity index (χ1n) is 16.4. The standard InChI is InChI=1S/C36H40ClN8O3P/c1-42(2)49(37,46)47-24-30-22-44(36(27-14-7-4-8-15-27,28-16-9-5-10-17-28)29-18-11-6-12-19-29)23-32(48-30)45-26-40-33-34(38-25-39-35(33)45)41-31-20-13-21-43(31)3/h4-12,14-19,25-26,30,32H,13,20-24H2,1-3H3/b41-31+/t30-,32+,49+/m0/s1. The number of nitrogens with zero attached hydrogens (tertiary/aromatic N) is 8. The van der Waals surface area contributed by atoms with Crippen LogP contribution in [0.3, 0.4) is 0 Å². The van der Waals surface area contributed by atoms with E-state index in [1.807, 2.05) is 29.8 Å². The maximum absolute atomic E-state index is 13.1. The van der Waals surface area contributed by atoms with Crippen LogP contribution in [0.15, 0.2) is 109 Å². The molecule has 5 aromatic rings. The van der Waals surface area contributed by atoms with Crippen molar-refractivity contribution in [3.05, 3.63) is 120 Å². The average Bonchev–Trinajstić information content (AvgIpc) is 3.75. The second-order valence-electron chi connectivity index (χ2n) is 12.6. The lowest BCUT2D eigenvalue weighted by atomic mass is 9.75. The Hall–Kier alpha value is -3.96. The van der Waals surface area contributed by atoms with Crippen LogP contribution in [-0.2, 0) is 19.4 Å². The van der Waals surface area contributed by atoms with E-state index < -0.39 is 24.7 Å². The number of hydrogen-bond donors (Lipinski definition) is 0. The number of aromatic nitrogens is 4. The largest absolute Gasteiger partial charge is 0.363 e. The molecule has 0 saturated carbocycles. The Kier molecular flexibility index (Phi) is 9.66. The van der Waals surface area contributed by atoms with Gasteiger partial charge >= 0.3 is 6.87 Å². The molecule has 11 nitrogen and oxygen atoms in total. The Bertz CT molecular complexity index is 1860. The zero-order chi connectivity index (χ0) is 34.0. The quantitative estimate of drug-likeness (QED) is 0.117. The van der Waals surface area contributed by atoms with Crippen molar-refractivity contribution < 1.29 is 13.8 Å². The van der Waals surface area contributed by atoms with Gasteiger partial charge in [0.15, 0.2) is 17.0 Å². The fraction of sp³-hybridized carbons (Fsp3) is 0.333. The Labute approximate surface area is 291 Å². The van der Waals surface area contributed by atoms with Gasteiger partial charge in [-0.05, 0) is 48.4 Å². The van der Waals surface area contributed by atoms with Gasteiger partial charge in [-0.2, -0.15) is 0 Å². The number of hydrogen-bond acceptors (Lipinski definition) is 8. The fourth-order valence-corrected chi connectivity index (χ4v) is 7.65. The van der Waals surface area contributed by atoms with Crippen molar-refractivity contribution in [2.75, 3.05) is 47.4 Å². The number of imidazole rings is 1. The van der Waals surface area contributed by atoms with E-state index in [-0.39, 0.29) is 6.61 Å². The maximum atomic E-state index is 13.1. The van der Waals surface area contributed by atoms with Gasteiger partial charge in [0.2, 0.25) is 0 Å². The lowest BCUT2D eigenvalue weighted by molar-refractivity contribution is -0.145. The zero-order valence-electron chi connectivity index (χ0n) is 27.8. The van der Waals surface area contributed by atoms with Gasteiger partial charge in [-0.15, -0.1) is 0 Å². The van der Waals surface area contributed by atoms with Gasteiger partial charge in [-0.25, -0.2) is 24.6 Å². The summed E-state index contributed by atoms with van der Waals surface area (Å²) in [5, 5.41) is 0. The van der Waals surface area contributed by atoms with Crippen molar-refractivity contribution in [2.45, 2.75) is 30.7 Å². The maximum Gasteiger partial charge on any atom is 0.362 e. The van der Waals surface area contributed by atoms with E-state index in [9.17, 15) is 4.57 Å². The minimum Gasteiger partial charge on any atom is -0.363 e. The highest BCUT2D eigenvalue weighted by molar-refractivity contribution is 7.83. The van der Waals surface area contributed by atoms with Crippen LogP contribution in [0.25, 0.3) is 11.2 Å². The summed E-state index contributed by atoms with van der Waals surface area (Å²) in [5.41, 5.74) is 3.78. The summed E-state index contributed by atoms with van der Waals surface area (Å²) in [6, 6.07) is 31.5. The number of fused-ring (bicyclic) bond motifs is 1. The van der Waals surface area contributed by atoms with E-state index >= 15 is 0 Å². The SMILES string of the molecule is CN1CCC/C1=N\c1ncnc2c1ncn2[C@H]1CN(C(c2ccccc2)(c2ccccc2)c2ccccc2)C[C@@H](CO[P@](=O)(Cl)N(C)C)O1. The van der Waals surface area contributed by atoms with Crippen molar-refractivity contribution in [1.82, 2.24) is 34.0 Å². The molecule has 0 radical (unpaired) electrons. The van der Waals surface area contributed by atoms with Crippen LogP contribution in [-0.4, -0.2) is 93.3 Å². The summed E-state index contributed by atoms with van der Waals surface area (Å²) in [5.74, 6) is 1.51. The lowest BCUT2D eigenvalue weighted by Crippen LogP contribution is -2.57. The van der Waals surface area contributed by atoms with Gasteiger partial charge in [0.05, 0.1) is 24.6 Å². The number of amidine groups is 1. The first-order chi connectivity index (χ1) is 23.8. The van der Waals surface area contributed by atoms with E-state index in [0.717, 1.165) is 41.9 Å². The normalized spacial score (nSPS) is 21.1. The van der Waals surface area contributed by atoms with Crippen molar-refractivity contribution in [1.29, 1.82) is 0 Å². The second-order valence-corrected chi connectivity index (χ2v) is 15.8. The third kappa shape index (κ3) is 6.55. The molecule has 2 aliphatic rings. The number of benzene rings is 3. The summed E-state index contributed by atoms with van der Waals surface area (Å²) in [4.78, 5) is 23.4. The summed E-state index contributed by atoms with van der Waals surface area (Å²) < 4.78 is 29.2. The van der Waals surface area contributed by atoms with Gasteiger partial charge in [-0.3, -0.25) is 14.0 Å². The molecule has 0 aliphatic carbocycles. The van der Waals surface area contributed by atoms with E-state index in [4.69, 9.17) is 30.5 Å². The minimum atomic E-state index is -3.56. The highest BCUT2D eigenvalue weighted by Gasteiger charge is 2.47. The molecule has 3 aromatic carbocycles. The van der Waals surface area contributed by atoms with Crippen LogP contribution >= 0.6 is 18.1 Å². The predicted molar refractivity (Wildman–Crippen MR) is 192 cm³/mol. The summed E-state index contributed by atoms with van der Waals surface area (Å²) in [6.07, 6.45) is 4.15. The van der Waals surface area contributed by atoms with Crippen molar-refractivity contribution >= 4 is 40.9 Å². The van der Waals surface area contributed by atoms with Crippen LogP contribution in [0.1, 0.15) is 35.8 Å². The third-order valence-corrected chi connectivity index (χ3v) is 11.9. The molecule has 49 heavy (non-hydrogen) atoms. The van der Waals surface area contributed by atoms with Crippen LogP contribution in [0.4, 0.5) is 5.82 Å².